The molecular formula is C22H27ClN2O5. The van der Waals surface area contributed by atoms with Crippen molar-refractivity contribution in [2.75, 3.05) is 27.4 Å². The number of aliphatic hydroxyl groups is 1. The van der Waals surface area contributed by atoms with Gasteiger partial charge in [-0.2, -0.15) is 0 Å². The van der Waals surface area contributed by atoms with Crippen molar-refractivity contribution < 1.29 is 24.2 Å². The summed E-state index contributed by atoms with van der Waals surface area (Å²) in [6, 6.07) is 11.7. The average molecular weight is 435 g/mol. The zero-order valence-corrected chi connectivity index (χ0v) is 18.1. The van der Waals surface area contributed by atoms with Gasteiger partial charge in [0, 0.05) is 18.1 Å². The van der Waals surface area contributed by atoms with Gasteiger partial charge in [-0.1, -0.05) is 29.8 Å². The largest absolute Gasteiger partial charge is 0.493 e. The Bertz CT molecular complexity index is 857. The van der Waals surface area contributed by atoms with E-state index in [2.05, 4.69) is 5.32 Å². The summed E-state index contributed by atoms with van der Waals surface area (Å²) in [6.45, 7) is 1.86. The highest BCUT2D eigenvalue weighted by Crippen LogP contribution is 2.28. The minimum absolute atomic E-state index is 0.0889. The highest BCUT2D eigenvalue weighted by Gasteiger charge is 2.26. The number of hydrogen-bond acceptors (Lipinski definition) is 5. The van der Waals surface area contributed by atoms with Gasteiger partial charge < -0.3 is 24.8 Å². The van der Waals surface area contributed by atoms with Crippen molar-refractivity contribution in [2.24, 2.45) is 0 Å². The summed E-state index contributed by atoms with van der Waals surface area (Å²) in [7, 11) is 3.08. The van der Waals surface area contributed by atoms with E-state index in [9.17, 15) is 9.59 Å². The SMILES string of the molecule is COc1ccc(CC(=O)N(Cc2ccc(Cl)cc2)[C@H](C)C(=O)NCCO)cc1OC. The lowest BCUT2D eigenvalue weighted by Crippen LogP contribution is -2.48. The van der Waals surface area contributed by atoms with Crippen LogP contribution in [-0.4, -0.2) is 55.2 Å². The summed E-state index contributed by atoms with van der Waals surface area (Å²) in [5.41, 5.74) is 1.59. The van der Waals surface area contributed by atoms with Crippen LogP contribution in [0.25, 0.3) is 0 Å². The molecule has 2 rings (SSSR count). The molecule has 0 fully saturated rings. The van der Waals surface area contributed by atoms with Gasteiger partial charge in [0.05, 0.1) is 27.2 Å². The molecule has 2 N–H and O–H groups in total. The highest BCUT2D eigenvalue weighted by atomic mass is 35.5. The predicted molar refractivity (Wildman–Crippen MR) is 115 cm³/mol. The van der Waals surface area contributed by atoms with Gasteiger partial charge in [-0.25, -0.2) is 0 Å². The Morgan fingerprint density at radius 1 is 1.07 bits per heavy atom. The molecule has 162 valence electrons. The number of nitrogens with one attached hydrogen (secondary N) is 1. The maximum atomic E-state index is 13.2. The van der Waals surface area contributed by atoms with Crippen LogP contribution in [0.2, 0.25) is 5.02 Å². The standard InChI is InChI=1S/C22H27ClN2O5/c1-15(22(28)24-10-11-26)25(14-16-4-7-18(23)8-5-16)21(27)13-17-6-9-19(29-2)20(12-17)30-3/h4-9,12,15,26H,10-11,13-14H2,1-3H3,(H,24,28)/t15-/m1/s1. The number of rotatable bonds is 10. The molecule has 0 aromatic heterocycles. The van der Waals surface area contributed by atoms with Crippen molar-refractivity contribution in [3.05, 3.63) is 58.6 Å². The summed E-state index contributed by atoms with van der Waals surface area (Å²) in [5, 5.41) is 12.2. The van der Waals surface area contributed by atoms with Crippen LogP contribution in [-0.2, 0) is 22.6 Å². The van der Waals surface area contributed by atoms with E-state index in [1.165, 1.54) is 12.0 Å². The third kappa shape index (κ3) is 6.37. The van der Waals surface area contributed by atoms with E-state index in [1.807, 2.05) is 12.1 Å². The molecule has 0 heterocycles. The Morgan fingerprint density at radius 2 is 1.70 bits per heavy atom. The monoisotopic (exact) mass is 434 g/mol. The van der Waals surface area contributed by atoms with Gasteiger partial charge in [-0.05, 0) is 42.3 Å². The van der Waals surface area contributed by atoms with E-state index in [-0.39, 0.29) is 37.9 Å². The van der Waals surface area contributed by atoms with E-state index in [1.54, 1.807) is 44.4 Å². The maximum Gasteiger partial charge on any atom is 0.242 e. The Kier molecular flexibility index (Phi) is 8.95. The van der Waals surface area contributed by atoms with E-state index < -0.39 is 6.04 Å². The second-order valence-corrected chi connectivity index (χ2v) is 7.14. The van der Waals surface area contributed by atoms with Gasteiger partial charge in [-0.3, -0.25) is 9.59 Å². The first-order chi connectivity index (χ1) is 14.4. The van der Waals surface area contributed by atoms with Crippen LogP contribution in [0, 0.1) is 0 Å². The summed E-state index contributed by atoms with van der Waals surface area (Å²) < 4.78 is 10.5. The molecular weight excluding hydrogens is 408 g/mol. The fraction of sp³-hybridized carbons (Fsp3) is 0.364. The lowest BCUT2D eigenvalue weighted by atomic mass is 10.1. The van der Waals surface area contributed by atoms with Crippen LogP contribution in [0.3, 0.4) is 0 Å². The molecule has 0 radical (unpaired) electrons. The highest BCUT2D eigenvalue weighted by molar-refractivity contribution is 6.30. The molecule has 0 saturated carbocycles. The number of carbonyl (C=O) groups is 2. The fourth-order valence-electron chi connectivity index (χ4n) is 2.96. The molecule has 0 aliphatic rings. The summed E-state index contributed by atoms with van der Waals surface area (Å²) >= 11 is 5.95. The molecule has 0 aliphatic carbocycles. The summed E-state index contributed by atoms with van der Waals surface area (Å²) in [6.07, 6.45) is 0.0889. The van der Waals surface area contributed by atoms with Crippen molar-refractivity contribution in [2.45, 2.75) is 25.9 Å². The van der Waals surface area contributed by atoms with Gasteiger partial charge in [0.2, 0.25) is 11.8 Å². The molecule has 30 heavy (non-hydrogen) atoms. The molecule has 0 aliphatic heterocycles. The van der Waals surface area contributed by atoms with Gasteiger partial charge >= 0.3 is 0 Å². The number of hydrogen-bond donors (Lipinski definition) is 2. The van der Waals surface area contributed by atoms with Crippen LogP contribution in [0.4, 0.5) is 0 Å². The second kappa shape index (κ2) is 11.4. The Hall–Kier alpha value is -2.77. The van der Waals surface area contributed by atoms with Crippen molar-refractivity contribution in [3.63, 3.8) is 0 Å². The molecule has 2 aromatic rings. The Labute approximate surface area is 181 Å². The normalized spacial score (nSPS) is 11.5. The van der Waals surface area contributed by atoms with Gasteiger partial charge in [0.15, 0.2) is 11.5 Å². The number of halogens is 1. The minimum atomic E-state index is -0.722. The topological polar surface area (TPSA) is 88.1 Å². The zero-order chi connectivity index (χ0) is 22.1. The average Bonchev–Trinajstić information content (AvgIpc) is 2.76. The van der Waals surface area contributed by atoms with Crippen LogP contribution >= 0.6 is 11.6 Å². The van der Waals surface area contributed by atoms with Crippen molar-refractivity contribution in [1.82, 2.24) is 10.2 Å². The van der Waals surface area contributed by atoms with Gasteiger partial charge in [0.25, 0.3) is 0 Å². The van der Waals surface area contributed by atoms with E-state index in [0.717, 1.165) is 11.1 Å². The molecule has 0 bridgehead atoms. The molecule has 0 spiro atoms. The summed E-state index contributed by atoms with van der Waals surface area (Å²) in [4.78, 5) is 27.1. The molecule has 1 atom stereocenters. The first-order valence-corrected chi connectivity index (χ1v) is 9.90. The number of amides is 2. The van der Waals surface area contributed by atoms with Crippen LogP contribution < -0.4 is 14.8 Å². The molecule has 2 amide bonds. The first-order valence-electron chi connectivity index (χ1n) is 9.53. The lowest BCUT2D eigenvalue weighted by Gasteiger charge is -2.29. The quantitative estimate of drug-likeness (QED) is 0.599. The minimum Gasteiger partial charge on any atom is -0.493 e. The van der Waals surface area contributed by atoms with E-state index >= 15 is 0 Å². The third-order valence-electron chi connectivity index (χ3n) is 4.65. The lowest BCUT2D eigenvalue weighted by molar-refractivity contribution is -0.140. The molecule has 2 aromatic carbocycles. The number of aliphatic hydroxyl groups excluding tert-OH is 1. The number of nitrogens with zero attached hydrogens (tertiary/aromatic N) is 1. The summed E-state index contributed by atoms with van der Waals surface area (Å²) in [5.74, 6) is 0.548. The smallest absolute Gasteiger partial charge is 0.242 e. The Balaban J connectivity index is 2.24. The zero-order valence-electron chi connectivity index (χ0n) is 17.4. The number of carbonyl (C=O) groups excluding carboxylic acids is 2. The Morgan fingerprint density at radius 3 is 2.30 bits per heavy atom. The van der Waals surface area contributed by atoms with Crippen LogP contribution in [0.15, 0.2) is 42.5 Å². The van der Waals surface area contributed by atoms with E-state index in [4.69, 9.17) is 26.2 Å². The second-order valence-electron chi connectivity index (χ2n) is 6.70. The first kappa shape index (κ1) is 23.5. The fourth-order valence-corrected chi connectivity index (χ4v) is 3.09. The van der Waals surface area contributed by atoms with Crippen LogP contribution in [0.5, 0.6) is 11.5 Å². The number of benzene rings is 2. The van der Waals surface area contributed by atoms with Crippen molar-refractivity contribution >= 4 is 23.4 Å². The molecule has 0 saturated heterocycles. The van der Waals surface area contributed by atoms with Crippen LogP contribution in [0.1, 0.15) is 18.1 Å². The van der Waals surface area contributed by atoms with Gasteiger partial charge in [-0.15, -0.1) is 0 Å². The maximum absolute atomic E-state index is 13.2. The predicted octanol–water partition coefficient (Wildman–Crippen LogP) is 2.43. The van der Waals surface area contributed by atoms with Crippen molar-refractivity contribution in [3.8, 4) is 11.5 Å². The number of ether oxygens (including phenoxy) is 2. The van der Waals surface area contributed by atoms with Gasteiger partial charge in [0.1, 0.15) is 6.04 Å². The van der Waals surface area contributed by atoms with E-state index in [0.29, 0.717) is 16.5 Å². The molecule has 7 nitrogen and oxygen atoms in total. The number of methoxy groups -OCH3 is 2. The molecule has 0 unspecified atom stereocenters. The third-order valence-corrected chi connectivity index (χ3v) is 4.90. The molecule has 8 heteroatoms. The van der Waals surface area contributed by atoms with Crippen molar-refractivity contribution in [1.29, 1.82) is 0 Å².